The number of nitrogens with zero attached hydrogens (tertiary/aromatic N) is 1. The largest absolute Gasteiger partial charge is 0.467 e. The summed E-state index contributed by atoms with van der Waals surface area (Å²) in [5.74, 6) is -1.26. The lowest BCUT2D eigenvalue weighted by Crippen LogP contribution is -2.46. The van der Waals surface area contributed by atoms with Crippen molar-refractivity contribution in [2.24, 2.45) is 0 Å². The SMILES string of the molecule is CSCC[C@H](C(=O)OCC(=O)NCc1ccco1)N1C(=O)c2ccccc2C1=O. The number of nitrogens with one attached hydrogen (secondary N) is 1. The van der Waals surface area contributed by atoms with Gasteiger partial charge < -0.3 is 14.5 Å². The molecule has 1 N–H and O–H groups in total. The first-order valence-electron chi connectivity index (χ1n) is 8.94. The van der Waals surface area contributed by atoms with Crippen LogP contribution in [-0.2, 0) is 20.9 Å². The molecular formula is C20H20N2O6S. The lowest BCUT2D eigenvalue weighted by Gasteiger charge is -2.24. The van der Waals surface area contributed by atoms with Crippen LogP contribution in [0.25, 0.3) is 0 Å². The van der Waals surface area contributed by atoms with Crippen LogP contribution in [0.5, 0.6) is 0 Å². The Labute approximate surface area is 171 Å². The molecular weight excluding hydrogens is 396 g/mol. The first-order valence-corrected chi connectivity index (χ1v) is 10.3. The summed E-state index contributed by atoms with van der Waals surface area (Å²) >= 11 is 1.48. The van der Waals surface area contributed by atoms with Gasteiger partial charge in [0.1, 0.15) is 11.8 Å². The Morgan fingerprint density at radius 1 is 1.14 bits per heavy atom. The van der Waals surface area contributed by atoms with E-state index in [-0.39, 0.29) is 24.1 Å². The Bertz CT molecular complexity index is 876. The fourth-order valence-electron chi connectivity index (χ4n) is 2.96. The normalized spacial score (nSPS) is 13.9. The molecule has 0 aliphatic carbocycles. The third kappa shape index (κ3) is 4.68. The molecule has 1 aliphatic heterocycles. The van der Waals surface area contributed by atoms with Crippen molar-refractivity contribution in [3.05, 3.63) is 59.5 Å². The molecule has 0 saturated carbocycles. The van der Waals surface area contributed by atoms with Crippen LogP contribution in [0.3, 0.4) is 0 Å². The van der Waals surface area contributed by atoms with Gasteiger partial charge in [0.05, 0.1) is 23.9 Å². The second kappa shape index (κ2) is 9.42. The number of thioether (sulfide) groups is 1. The molecule has 1 aromatic carbocycles. The summed E-state index contributed by atoms with van der Waals surface area (Å²) < 4.78 is 10.2. The van der Waals surface area contributed by atoms with Crippen LogP contribution >= 0.6 is 11.8 Å². The molecule has 2 aromatic rings. The smallest absolute Gasteiger partial charge is 0.329 e. The second-order valence-electron chi connectivity index (χ2n) is 6.29. The molecule has 0 fully saturated rings. The van der Waals surface area contributed by atoms with Crippen LogP contribution in [0, 0.1) is 0 Å². The van der Waals surface area contributed by atoms with Gasteiger partial charge in [-0.2, -0.15) is 11.8 Å². The van der Waals surface area contributed by atoms with E-state index in [4.69, 9.17) is 9.15 Å². The van der Waals surface area contributed by atoms with Gasteiger partial charge >= 0.3 is 5.97 Å². The van der Waals surface area contributed by atoms with E-state index in [1.807, 2.05) is 6.26 Å². The number of hydrogen-bond donors (Lipinski definition) is 1. The Hall–Kier alpha value is -3.07. The van der Waals surface area contributed by atoms with Crippen LogP contribution in [-0.4, -0.2) is 53.2 Å². The fraction of sp³-hybridized carbons (Fsp3) is 0.300. The Kier molecular flexibility index (Phi) is 6.71. The monoisotopic (exact) mass is 416 g/mol. The van der Waals surface area contributed by atoms with Crippen LogP contribution in [0.15, 0.2) is 47.1 Å². The zero-order valence-electron chi connectivity index (χ0n) is 15.8. The highest BCUT2D eigenvalue weighted by Crippen LogP contribution is 2.26. The van der Waals surface area contributed by atoms with E-state index >= 15 is 0 Å². The lowest BCUT2D eigenvalue weighted by atomic mass is 10.1. The second-order valence-corrected chi connectivity index (χ2v) is 7.27. The minimum absolute atomic E-state index is 0.164. The average molecular weight is 416 g/mol. The minimum Gasteiger partial charge on any atom is -0.467 e. The van der Waals surface area contributed by atoms with Crippen molar-refractivity contribution in [1.82, 2.24) is 10.2 Å². The zero-order chi connectivity index (χ0) is 20.8. The third-order valence-electron chi connectivity index (χ3n) is 4.39. The summed E-state index contributed by atoms with van der Waals surface area (Å²) in [5.41, 5.74) is 0.520. The number of esters is 1. The zero-order valence-corrected chi connectivity index (χ0v) is 16.6. The molecule has 152 valence electrons. The number of carbonyl (C=O) groups excluding carboxylic acids is 4. The molecule has 1 aromatic heterocycles. The molecule has 9 heteroatoms. The van der Waals surface area contributed by atoms with Crippen molar-refractivity contribution in [3.8, 4) is 0 Å². The lowest BCUT2D eigenvalue weighted by molar-refractivity contribution is -0.152. The Morgan fingerprint density at radius 2 is 1.83 bits per heavy atom. The summed E-state index contributed by atoms with van der Waals surface area (Å²) in [4.78, 5) is 50.9. The Balaban J connectivity index is 1.64. The van der Waals surface area contributed by atoms with Gasteiger partial charge in [0.2, 0.25) is 0 Å². The molecule has 0 bridgehead atoms. The van der Waals surface area contributed by atoms with Crippen LogP contribution in [0.4, 0.5) is 0 Å². The highest BCUT2D eigenvalue weighted by Gasteiger charge is 2.43. The number of benzene rings is 1. The van der Waals surface area contributed by atoms with Crippen LogP contribution in [0.1, 0.15) is 32.9 Å². The number of fused-ring (bicyclic) bond motifs is 1. The maximum absolute atomic E-state index is 12.7. The highest BCUT2D eigenvalue weighted by molar-refractivity contribution is 7.98. The van der Waals surface area contributed by atoms with E-state index in [9.17, 15) is 19.2 Å². The van der Waals surface area contributed by atoms with E-state index in [0.29, 0.717) is 11.5 Å². The number of imide groups is 1. The van der Waals surface area contributed by atoms with Gasteiger partial charge in [-0.25, -0.2) is 4.79 Å². The van der Waals surface area contributed by atoms with Crippen molar-refractivity contribution in [3.63, 3.8) is 0 Å². The average Bonchev–Trinajstić information content (AvgIpc) is 3.34. The standard InChI is InChI=1S/C20H20N2O6S/c1-29-10-8-16(22-18(24)14-6-2-3-7-15(14)19(22)25)20(26)28-12-17(23)21-11-13-5-4-9-27-13/h2-7,9,16H,8,10-12H2,1H3,(H,21,23)/t16-/m1/s1. The number of ether oxygens (including phenoxy) is 1. The van der Waals surface area contributed by atoms with Crippen molar-refractivity contribution in [2.45, 2.75) is 19.0 Å². The topological polar surface area (TPSA) is 106 Å². The van der Waals surface area contributed by atoms with Crippen molar-refractivity contribution in [2.75, 3.05) is 18.6 Å². The molecule has 1 aliphatic rings. The molecule has 0 radical (unpaired) electrons. The summed E-state index contributed by atoms with van der Waals surface area (Å²) in [6.07, 6.45) is 3.58. The fourth-order valence-corrected chi connectivity index (χ4v) is 3.41. The van der Waals surface area contributed by atoms with Gasteiger partial charge in [0, 0.05) is 0 Å². The number of carbonyl (C=O) groups is 4. The van der Waals surface area contributed by atoms with E-state index < -0.39 is 36.3 Å². The predicted octanol–water partition coefficient (Wildman–Crippen LogP) is 1.86. The first kappa shape index (κ1) is 20.7. The molecule has 2 heterocycles. The number of amides is 3. The van der Waals surface area contributed by atoms with Crippen molar-refractivity contribution in [1.29, 1.82) is 0 Å². The number of hydrogen-bond acceptors (Lipinski definition) is 7. The third-order valence-corrected chi connectivity index (χ3v) is 5.03. The summed E-state index contributed by atoms with van der Waals surface area (Å²) in [7, 11) is 0. The van der Waals surface area contributed by atoms with Gasteiger partial charge in [-0.1, -0.05) is 12.1 Å². The van der Waals surface area contributed by atoms with Crippen LogP contribution < -0.4 is 5.32 Å². The van der Waals surface area contributed by atoms with Crippen molar-refractivity contribution >= 4 is 35.5 Å². The van der Waals surface area contributed by atoms with Gasteiger partial charge in [-0.05, 0) is 42.7 Å². The molecule has 1 atom stereocenters. The number of rotatable bonds is 9. The molecule has 0 saturated heterocycles. The predicted molar refractivity (Wildman–Crippen MR) is 105 cm³/mol. The van der Waals surface area contributed by atoms with Crippen molar-refractivity contribution < 1.29 is 28.3 Å². The maximum Gasteiger partial charge on any atom is 0.329 e. The van der Waals surface area contributed by atoms with E-state index in [1.165, 1.54) is 18.0 Å². The molecule has 3 amide bonds. The molecule has 0 unspecified atom stereocenters. The summed E-state index contributed by atoms with van der Waals surface area (Å²) in [5, 5.41) is 2.56. The molecule has 8 nitrogen and oxygen atoms in total. The van der Waals surface area contributed by atoms with Gasteiger partial charge in [-0.3, -0.25) is 19.3 Å². The molecule has 3 rings (SSSR count). The molecule has 0 spiro atoms. The Morgan fingerprint density at radius 3 is 2.41 bits per heavy atom. The van der Waals surface area contributed by atoms with E-state index in [0.717, 1.165) is 4.90 Å². The van der Waals surface area contributed by atoms with Gasteiger partial charge in [0.15, 0.2) is 6.61 Å². The van der Waals surface area contributed by atoms with E-state index in [1.54, 1.807) is 36.4 Å². The van der Waals surface area contributed by atoms with Gasteiger partial charge in [0.25, 0.3) is 17.7 Å². The minimum atomic E-state index is -1.09. The quantitative estimate of drug-likeness (QED) is 0.491. The van der Waals surface area contributed by atoms with E-state index in [2.05, 4.69) is 5.32 Å². The maximum atomic E-state index is 12.7. The molecule has 29 heavy (non-hydrogen) atoms. The van der Waals surface area contributed by atoms with Gasteiger partial charge in [-0.15, -0.1) is 0 Å². The number of furan rings is 1. The summed E-state index contributed by atoms with van der Waals surface area (Å²) in [6, 6.07) is 8.72. The highest BCUT2D eigenvalue weighted by atomic mass is 32.2. The van der Waals surface area contributed by atoms with Crippen LogP contribution in [0.2, 0.25) is 0 Å². The summed E-state index contributed by atoms with van der Waals surface area (Å²) in [6.45, 7) is -0.351. The first-order chi connectivity index (χ1) is 14.0.